The zero-order valence-corrected chi connectivity index (χ0v) is 11.3. The van der Waals surface area contributed by atoms with E-state index in [0.29, 0.717) is 6.04 Å². The molecule has 2 heteroatoms. The van der Waals surface area contributed by atoms with Gasteiger partial charge in [-0.1, -0.05) is 39.5 Å². The van der Waals surface area contributed by atoms with Crippen molar-refractivity contribution >= 4 is 0 Å². The number of aliphatic hydroxyl groups is 1. The Kier molecular flexibility index (Phi) is 5.77. The Bertz CT molecular complexity index is 175. The summed E-state index contributed by atoms with van der Waals surface area (Å²) >= 11 is 0. The summed E-state index contributed by atoms with van der Waals surface area (Å²) in [7, 11) is 0. The second-order valence-electron chi connectivity index (χ2n) is 5.58. The monoisotopic (exact) mass is 227 g/mol. The van der Waals surface area contributed by atoms with Crippen LogP contribution >= 0.6 is 0 Å². The van der Waals surface area contributed by atoms with E-state index in [1.807, 2.05) is 0 Å². The fraction of sp³-hybridized carbons (Fsp3) is 1.00. The van der Waals surface area contributed by atoms with Crippen molar-refractivity contribution in [3.63, 3.8) is 0 Å². The highest BCUT2D eigenvalue weighted by Crippen LogP contribution is 2.29. The van der Waals surface area contributed by atoms with Gasteiger partial charge in [-0.25, -0.2) is 0 Å². The smallest absolute Gasteiger partial charge is 0.0613 e. The van der Waals surface area contributed by atoms with Gasteiger partial charge in [-0.15, -0.1) is 0 Å². The maximum Gasteiger partial charge on any atom is 0.0613 e. The van der Waals surface area contributed by atoms with Gasteiger partial charge in [-0.05, 0) is 32.1 Å². The van der Waals surface area contributed by atoms with Gasteiger partial charge < -0.3 is 10.4 Å². The van der Waals surface area contributed by atoms with Crippen LogP contribution in [0.4, 0.5) is 0 Å². The summed E-state index contributed by atoms with van der Waals surface area (Å²) in [6, 6.07) is 0.537. The maximum atomic E-state index is 9.52. The average molecular weight is 227 g/mol. The zero-order chi connectivity index (χ0) is 12.0. The van der Waals surface area contributed by atoms with Crippen molar-refractivity contribution < 1.29 is 5.11 Å². The molecule has 0 spiro atoms. The molecule has 0 saturated heterocycles. The summed E-state index contributed by atoms with van der Waals surface area (Å²) < 4.78 is 0. The molecule has 2 N–H and O–H groups in total. The Labute approximate surface area is 101 Å². The van der Waals surface area contributed by atoms with Crippen LogP contribution in [0, 0.1) is 5.92 Å². The van der Waals surface area contributed by atoms with E-state index in [1.54, 1.807) is 0 Å². The van der Waals surface area contributed by atoms with E-state index in [0.717, 1.165) is 18.8 Å². The lowest BCUT2D eigenvalue weighted by atomic mass is 9.90. The van der Waals surface area contributed by atoms with Crippen LogP contribution in [-0.4, -0.2) is 23.3 Å². The highest BCUT2D eigenvalue weighted by atomic mass is 16.3. The van der Waals surface area contributed by atoms with Gasteiger partial charge in [0.1, 0.15) is 0 Å². The molecule has 0 aromatic rings. The first-order valence-corrected chi connectivity index (χ1v) is 7.04. The third-order valence-corrected chi connectivity index (χ3v) is 4.37. The van der Waals surface area contributed by atoms with Crippen LogP contribution in [0.15, 0.2) is 0 Å². The van der Waals surface area contributed by atoms with Gasteiger partial charge in [0.2, 0.25) is 0 Å². The normalized spacial score (nSPS) is 20.2. The Morgan fingerprint density at radius 3 is 2.25 bits per heavy atom. The van der Waals surface area contributed by atoms with E-state index in [1.165, 1.54) is 32.1 Å². The summed E-state index contributed by atoms with van der Waals surface area (Å²) in [5.41, 5.74) is -0.0436. The van der Waals surface area contributed by atoms with Crippen molar-refractivity contribution in [3.05, 3.63) is 0 Å². The van der Waals surface area contributed by atoms with Crippen LogP contribution in [-0.2, 0) is 0 Å². The first-order chi connectivity index (χ1) is 7.65. The van der Waals surface area contributed by atoms with Crippen LogP contribution in [0.1, 0.15) is 65.7 Å². The third kappa shape index (κ3) is 3.74. The number of nitrogens with one attached hydrogen (secondary N) is 1. The molecule has 1 atom stereocenters. The Morgan fingerprint density at radius 2 is 1.81 bits per heavy atom. The number of rotatable bonds is 7. The second kappa shape index (κ2) is 6.61. The highest BCUT2D eigenvalue weighted by Gasteiger charge is 2.28. The SMILES string of the molecule is CCC(CC)(CO)NC(C)CC1CCCC1. The topological polar surface area (TPSA) is 32.3 Å². The van der Waals surface area contributed by atoms with Crippen LogP contribution < -0.4 is 5.32 Å². The number of aliphatic hydroxyl groups excluding tert-OH is 1. The molecule has 0 bridgehead atoms. The molecule has 96 valence electrons. The van der Waals surface area contributed by atoms with E-state index in [9.17, 15) is 5.11 Å². The summed E-state index contributed by atoms with van der Waals surface area (Å²) in [6.07, 6.45) is 8.97. The van der Waals surface area contributed by atoms with Crippen molar-refractivity contribution in [2.45, 2.75) is 77.3 Å². The van der Waals surface area contributed by atoms with Crippen LogP contribution in [0.3, 0.4) is 0 Å². The Morgan fingerprint density at radius 1 is 1.25 bits per heavy atom. The molecule has 1 fully saturated rings. The fourth-order valence-corrected chi connectivity index (χ4v) is 3.05. The lowest BCUT2D eigenvalue weighted by molar-refractivity contribution is 0.135. The molecule has 0 radical (unpaired) electrons. The number of hydrogen-bond acceptors (Lipinski definition) is 2. The van der Waals surface area contributed by atoms with Crippen LogP contribution in [0.25, 0.3) is 0 Å². The van der Waals surface area contributed by atoms with Crippen molar-refractivity contribution in [1.82, 2.24) is 5.32 Å². The molecule has 0 aromatic heterocycles. The summed E-state index contributed by atoms with van der Waals surface area (Å²) in [5.74, 6) is 0.924. The Hall–Kier alpha value is -0.0800. The largest absolute Gasteiger partial charge is 0.394 e. The highest BCUT2D eigenvalue weighted by molar-refractivity contribution is 4.88. The lowest BCUT2D eigenvalue weighted by Crippen LogP contribution is -2.51. The standard InChI is InChI=1S/C14H29NO/c1-4-14(5-2,11-16)15-12(3)10-13-8-6-7-9-13/h12-13,15-16H,4-11H2,1-3H3. The van der Waals surface area contributed by atoms with Crippen molar-refractivity contribution in [2.75, 3.05) is 6.61 Å². The molecule has 0 heterocycles. The average Bonchev–Trinajstić information content (AvgIpc) is 2.79. The van der Waals surface area contributed by atoms with Crippen molar-refractivity contribution in [3.8, 4) is 0 Å². The van der Waals surface area contributed by atoms with Gasteiger partial charge in [-0.3, -0.25) is 0 Å². The maximum absolute atomic E-state index is 9.52. The minimum absolute atomic E-state index is 0.0436. The second-order valence-corrected chi connectivity index (χ2v) is 5.58. The zero-order valence-electron chi connectivity index (χ0n) is 11.3. The summed E-state index contributed by atoms with van der Waals surface area (Å²) in [4.78, 5) is 0. The molecule has 1 unspecified atom stereocenters. The van der Waals surface area contributed by atoms with Crippen LogP contribution in [0.5, 0.6) is 0 Å². The van der Waals surface area contributed by atoms with E-state index < -0.39 is 0 Å². The van der Waals surface area contributed by atoms with Gasteiger partial charge in [0, 0.05) is 11.6 Å². The minimum atomic E-state index is -0.0436. The number of hydrogen-bond donors (Lipinski definition) is 2. The Balaban J connectivity index is 2.38. The first kappa shape index (κ1) is 14.0. The van der Waals surface area contributed by atoms with Gasteiger partial charge in [-0.2, -0.15) is 0 Å². The van der Waals surface area contributed by atoms with Crippen molar-refractivity contribution in [2.24, 2.45) is 5.92 Å². The minimum Gasteiger partial charge on any atom is -0.394 e. The van der Waals surface area contributed by atoms with Gasteiger partial charge in [0.25, 0.3) is 0 Å². The molecular weight excluding hydrogens is 198 g/mol. The van der Waals surface area contributed by atoms with E-state index in [2.05, 4.69) is 26.1 Å². The molecule has 1 rings (SSSR count). The lowest BCUT2D eigenvalue weighted by Gasteiger charge is -2.35. The van der Waals surface area contributed by atoms with E-state index in [-0.39, 0.29) is 12.1 Å². The van der Waals surface area contributed by atoms with E-state index >= 15 is 0 Å². The summed E-state index contributed by atoms with van der Waals surface area (Å²) in [5, 5.41) is 13.2. The molecule has 0 aliphatic heterocycles. The molecule has 1 aliphatic rings. The molecule has 1 saturated carbocycles. The van der Waals surface area contributed by atoms with E-state index in [4.69, 9.17) is 0 Å². The fourth-order valence-electron chi connectivity index (χ4n) is 3.05. The van der Waals surface area contributed by atoms with Crippen molar-refractivity contribution in [1.29, 1.82) is 0 Å². The van der Waals surface area contributed by atoms with Gasteiger partial charge >= 0.3 is 0 Å². The predicted octanol–water partition coefficient (Wildman–Crippen LogP) is 3.10. The molecular formula is C14H29NO. The predicted molar refractivity (Wildman–Crippen MR) is 69.6 cm³/mol. The van der Waals surface area contributed by atoms with Gasteiger partial charge in [0.05, 0.1) is 6.61 Å². The van der Waals surface area contributed by atoms with Gasteiger partial charge in [0.15, 0.2) is 0 Å². The molecule has 1 aliphatic carbocycles. The molecule has 0 aromatic carbocycles. The molecule has 0 amide bonds. The molecule has 2 nitrogen and oxygen atoms in total. The molecule has 16 heavy (non-hydrogen) atoms. The summed E-state index contributed by atoms with van der Waals surface area (Å²) in [6.45, 7) is 6.85. The first-order valence-electron chi connectivity index (χ1n) is 7.04. The third-order valence-electron chi connectivity index (χ3n) is 4.37. The quantitative estimate of drug-likeness (QED) is 0.700. The van der Waals surface area contributed by atoms with Crippen LogP contribution in [0.2, 0.25) is 0 Å².